The Hall–Kier alpha value is -2.64. The molecule has 0 radical (unpaired) electrons. The smallest absolute Gasteiger partial charge is 0.256 e. The van der Waals surface area contributed by atoms with Gasteiger partial charge in [0.2, 0.25) is 0 Å². The van der Waals surface area contributed by atoms with Crippen molar-refractivity contribution in [2.75, 3.05) is 0 Å². The second-order valence-electron chi connectivity index (χ2n) is 6.91. The highest BCUT2D eigenvalue weighted by molar-refractivity contribution is 7.90. The van der Waals surface area contributed by atoms with Gasteiger partial charge in [0.05, 0.1) is 24.3 Å². The van der Waals surface area contributed by atoms with Crippen LogP contribution in [0.2, 0.25) is 0 Å². The quantitative estimate of drug-likeness (QED) is 0.656. The monoisotopic (exact) mass is 400 g/mol. The fraction of sp³-hybridized carbons (Fsp3) is 0.286. The zero-order chi connectivity index (χ0) is 20.3. The van der Waals surface area contributed by atoms with Crippen LogP contribution in [0.3, 0.4) is 0 Å². The number of rotatable bonds is 7. The van der Waals surface area contributed by atoms with Crippen LogP contribution in [0.25, 0.3) is 11.1 Å². The molecule has 6 nitrogen and oxygen atoms in total. The molecule has 148 valence electrons. The summed E-state index contributed by atoms with van der Waals surface area (Å²) in [6.07, 6.45) is 3.01. The number of hydrogen-bond donors (Lipinski definition) is 1. The van der Waals surface area contributed by atoms with Crippen molar-refractivity contribution in [3.05, 3.63) is 71.5 Å². The fourth-order valence-corrected chi connectivity index (χ4v) is 3.75. The summed E-state index contributed by atoms with van der Waals surface area (Å²) in [5.74, 6) is 0.636. The number of benzene rings is 2. The molecule has 28 heavy (non-hydrogen) atoms. The SMILES string of the molecule is Cc1cc(-c2cnn(S(=O)(=O)C(C)C)c2)cc(CO)c1OCc1ccccc1. The van der Waals surface area contributed by atoms with Crippen molar-refractivity contribution in [1.82, 2.24) is 9.19 Å². The number of aromatic nitrogens is 2. The van der Waals surface area contributed by atoms with Crippen molar-refractivity contribution < 1.29 is 18.3 Å². The third-order valence-electron chi connectivity index (χ3n) is 4.50. The van der Waals surface area contributed by atoms with Gasteiger partial charge in [-0.2, -0.15) is 9.19 Å². The molecule has 0 aliphatic rings. The Morgan fingerprint density at radius 3 is 2.50 bits per heavy atom. The zero-order valence-corrected chi connectivity index (χ0v) is 17.0. The van der Waals surface area contributed by atoms with Gasteiger partial charge in [-0.1, -0.05) is 30.3 Å². The highest BCUT2D eigenvalue weighted by Gasteiger charge is 2.20. The average Bonchev–Trinajstić information content (AvgIpc) is 3.18. The molecule has 1 heterocycles. The molecule has 0 aliphatic heterocycles. The summed E-state index contributed by atoms with van der Waals surface area (Å²) in [6.45, 7) is 5.35. The van der Waals surface area contributed by atoms with E-state index in [-0.39, 0.29) is 6.61 Å². The first-order valence-corrected chi connectivity index (χ1v) is 10.5. The number of aliphatic hydroxyl groups excluding tert-OH is 1. The Balaban J connectivity index is 1.90. The summed E-state index contributed by atoms with van der Waals surface area (Å²) < 4.78 is 31.5. The standard InChI is InChI=1S/C21H24N2O4S/c1-15(2)28(25,26)23-12-20(11-22-23)18-9-16(3)21(19(10-18)13-24)27-14-17-7-5-4-6-8-17/h4-12,15,24H,13-14H2,1-3H3. The first-order chi connectivity index (χ1) is 13.3. The summed E-state index contributed by atoms with van der Waals surface area (Å²) in [6, 6.07) is 13.5. The van der Waals surface area contributed by atoms with Crippen LogP contribution in [0.15, 0.2) is 54.9 Å². The number of aliphatic hydroxyl groups is 1. The largest absolute Gasteiger partial charge is 0.488 e. The van der Waals surface area contributed by atoms with E-state index in [1.165, 1.54) is 12.4 Å². The van der Waals surface area contributed by atoms with Crippen molar-refractivity contribution in [3.8, 4) is 16.9 Å². The molecule has 0 unspecified atom stereocenters. The maximum absolute atomic E-state index is 12.3. The molecule has 0 saturated carbocycles. The summed E-state index contributed by atoms with van der Waals surface area (Å²) in [5.41, 5.74) is 3.98. The first-order valence-electron chi connectivity index (χ1n) is 9.03. The Bertz CT molecular complexity index is 1060. The van der Waals surface area contributed by atoms with E-state index in [1.54, 1.807) is 19.9 Å². The molecule has 0 amide bonds. The highest BCUT2D eigenvalue weighted by Crippen LogP contribution is 2.31. The van der Waals surface area contributed by atoms with Gasteiger partial charge in [-0.05, 0) is 49.6 Å². The molecule has 0 spiro atoms. The Labute approximate surface area is 165 Å². The molecule has 3 aromatic rings. The number of aryl methyl sites for hydroxylation is 1. The van der Waals surface area contributed by atoms with Crippen molar-refractivity contribution in [2.45, 2.75) is 39.2 Å². The van der Waals surface area contributed by atoms with Crippen LogP contribution >= 0.6 is 0 Å². The maximum Gasteiger partial charge on any atom is 0.256 e. The third-order valence-corrected chi connectivity index (χ3v) is 6.41. The van der Waals surface area contributed by atoms with Gasteiger partial charge in [-0.25, -0.2) is 8.42 Å². The van der Waals surface area contributed by atoms with Crippen LogP contribution < -0.4 is 4.74 Å². The van der Waals surface area contributed by atoms with Crippen LogP contribution in [0.5, 0.6) is 5.75 Å². The minimum absolute atomic E-state index is 0.183. The fourth-order valence-electron chi connectivity index (χ4n) is 2.88. The van der Waals surface area contributed by atoms with E-state index in [4.69, 9.17) is 4.74 Å². The Morgan fingerprint density at radius 2 is 1.86 bits per heavy atom. The summed E-state index contributed by atoms with van der Waals surface area (Å²) in [4.78, 5) is 0. The number of nitrogens with zero attached hydrogens (tertiary/aromatic N) is 2. The lowest BCUT2D eigenvalue weighted by Gasteiger charge is -2.15. The third kappa shape index (κ3) is 4.10. The second kappa shape index (κ2) is 8.16. The van der Waals surface area contributed by atoms with Gasteiger partial charge in [0, 0.05) is 11.1 Å². The van der Waals surface area contributed by atoms with Crippen molar-refractivity contribution >= 4 is 10.0 Å². The topological polar surface area (TPSA) is 81.4 Å². The summed E-state index contributed by atoms with van der Waals surface area (Å²) in [7, 11) is -3.51. The van der Waals surface area contributed by atoms with Crippen LogP contribution in [0, 0.1) is 6.92 Å². The lowest BCUT2D eigenvalue weighted by atomic mass is 10.0. The van der Waals surface area contributed by atoms with Gasteiger partial charge in [0.1, 0.15) is 12.4 Å². The van der Waals surface area contributed by atoms with Gasteiger partial charge >= 0.3 is 0 Å². The van der Waals surface area contributed by atoms with Gasteiger partial charge in [-0.15, -0.1) is 0 Å². The molecular weight excluding hydrogens is 376 g/mol. The molecule has 2 aromatic carbocycles. The number of ether oxygens (including phenoxy) is 1. The van der Waals surface area contributed by atoms with E-state index in [0.29, 0.717) is 23.5 Å². The predicted molar refractivity (Wildman–Crippen MR) is 109 cm³/mol. The van der Waals surface area contributed by atoms with Gasteiger partial charge in [0.15, 0.2) is 0 Å². The van der Waals surface area contributed by atoms with Crippen LogP contribution in [-0.4, -0.2) is 28.0 Å². The molecule has 0 atom stereocenters. The zero-order valence-electron chi connectivity index (χ0n) is 16.2. The van der Waals surface area contributed by atoms with E-state index >= 15 is 0 Å². The molecule has 0 bridgehead atoms. The summed E-state index contributed by atoms with van der Waals surface area (Å²) in [5, 5.41) is 13.3. The van der Waals surface area contributed by atoms with Crippen molar-refractivity contribution in [2.24, 2.45) is 0 Å². The van der Waals surface area contributed by atoms with Crippen LogP contribution in [0.4, 0.5) is 0 Å². The Morgan fingerprint density at radius 1 is 1.14 bits per heavy atom. The molecule has 1 aromatic heterocycles. The maximum atomic E-state index is 12.3. The van der Waals surface area contributed by atoms with Gasteiger partial charge in [0.25, 0.3) is 10.0 Å². The first kappa shape index (κ1) is 20.1. The lowest BCUT2D eigenvalue weighted by molar-refractivity contribution is 0.258. The molecule has 1 N–H and O–H groups in total. The second-order valence-corrected chi connectivity index (χ2v) is 9.26. The highest BCUT2D eigenvalue weighted by atomic mass is 32.2. The lowest BCUT2D eigenvalue weighted by Crippen LogP contribution is -2.22. The predicted octanol–water partition coefficient (Wildman–Crippen LogP) is 3.52. The molecule has 0 saturated heterocycles. The Kier molecular flexibility index (Phi) is 5.86. The van der Waals surface area contributed by atoms with E-state index in [2.05, 4.69) is 5.10 Å². The van der Waals surface area contributed by atoms with E-state index in [9.17, 15) is 13.5 Å². The van der Waals surface area contributed by atoms with E-state index < -0.39 is 15.3 Å². The molecule has 7 heteroatoms. The number of hydrogen-bond acceptors (Lipinski definition) is 5. The minimum atomic E-state index is -3.51. The van der Waals surface area contributed by atoms with E-state index in [0.717, 1.165) is 20.8 Å². The molecule has 0 aliphatic carbocycles. The van der Waals surface area contributed by atoms with Crippen molar-refractivity contribution in [3.63, 3.8) is 0 Å². The normalized spacial score (nSPS) is 11.8. The van der Waals surface area contributed by atoms with Gasteiger partial charge < -0.3 is 9.84 Å². The van der Waals surface area contributed by atoms with Gasteiger partial charge in [-0.3, -0.25) is 0 Å². The summed E-state index contributed by atoms with van der Waals surface area (Å²) >= 11 is 0. The average molecular weight is 401 g/mol. The molecule has 0 fully saturated rings. The van der Waals surface area contributed by atoms with E-state index in [1.807, 2.05) is 43.3 Å². The van der Waals surface area contributed by atoms with Crippen LogP contribution in [-0.2, 0) is 23.2 Å². The minimum Gasteiger partial charge on any atom is -0.488 e. The molecular formula is C21H24N2O4S. The molecule has 3 rings (SSSR count). The van der Waals surface area contributed by atoms with Crippen molar-refractivity contribution in [1.29, 1.82) is 0 Å². The van der Waals surface area contributed by atoms with Crippen LogP contribution in [0.1, 0.15) is 30.5 Å².